The van der Waals surface area contributed by atoms with Crippen LogP contribution in [0.3, 0.4) is 0 Å². The Hall–Kier alpha value is -0.570. The quantitative estimate of drug-likeness (QED) is 0.387. The molecule has 0 saturated carbocycles. The number of ether oxygens (including phenoxy) is 2. The van der Waals surface area contributed by atoms with E-state index in [1.54, 1.807) is 0 Å². The maximum Gasteiger partial charge on any atom is 0.340 e. The second-order valence-electron chi connectivity index (χ2n) is 4.67. The van der Waals surface area contributed by atoms with Gasteiger partial charge in [-0.15, -0.1) is 0 Å². The lowest BCUT2D eigenvalue weighted by Gasteiger charge is -2.10. The van der Waals surface area contributed by atoms with E-state index < -0.39 is 5.60 Å². The molecular formula is C12H22O3. The Bertz CT molecular complexity index is 239. The summed E-state index contributed by atoms with van der Waals surface area (Å²) < 4.78 is 10.3. The maximum atomic E-state index is 11.5. The molecule has 1 fully saturated rings. The Kier molecular flexibility index (Phi) is 3.77. The first kappa shape index (κ1) is 12.5. The van der Waals surface area contributed by atoms with Gasteiger partial charge in [0.2, 0.25) is 0 Å². The van der Waals surface area contributed by atoms with E-state index in [2.05, 4.69) is 6.92 Å². The second kappa shape index (κ2) is 4.52. The van der Waals surface area contributed by atoms with E-state index >= 15 is 0 Å². The molecule has 0 radical (unpaired) electrons. The van der Waals surface area contributed by atoms with Crippen molar-refractivity contribution in [1.29, 1.82) is 0 Å². The van der Waals surface area contributed by atoms with Crippen LogP contribution in [0.5, 0.6) is 0 Å². The SMILES string of the molecule is CCCCCCC1(C)OC1(C)C(=O)OC. The molecule has 1 aliphatic rings. The first-order chi connectivity index (χ1) is 7.00. The molecular weight excluding hydrogens is 192 g/mol. The van der Waals surface area contributed by atoms with Gasteiger partial charge in [-0.25, -0.2) is 4.79 Å². The smallest absolute Gasteiger partial charge is 0.340 e. The molecule has 0 aromatic rings. The van der Waals surface area contributed by atoms with Crippen LogP contribution < -0.4 is 0 Å². The van der Waals surface area contributed by atoms with Gasteiger partial charge < -0.3 is 9.47 Å². The van der Waals surface area contributed by atoms with Crippen LogP contribution in [0.15, 0.2) is 0 Å². The molecule has 0 amide bonds. The van der Waals surface area contributed by atoms with Gasteiger partial charge in [-0.1, -0.05) is 32.6 Å². The number of esters is 1. The molecule has 3 nitrogen and oxygen atoms in total. The van der Waals surface area contributed by atoms with E-state index in [9.17, 15) is 4.79 Å². The predicted octanol–water partition coefficient (Wildman–Crippen LogP) is 2.68. The average Bonchev–Trinajstić information content (AvgIpc) is 2.77. The van der Waals surface area contributed by atoms with Crippen molar-refractivity contribution in [3.05, 3.63) is 0 Å². The first-order valence-electron chi connectivity index (χ1n) is 5.79. The summed E-state index contributed by atoms with van der Waals surface area (Å²) in [4.78, 5) is 11.5. The molecule has 2 atom stereocenters. The first-order valence-corrected chi connectivity index (χ1v) is 5.79. The van der Waals surface area contributed by atoms with Crippen LogP contribution in [0.1, 0.15) is 52.9 Å². The number of unbranched alkanes of at least 4 members (excludes halogenated alkanes) is 3. The summed E-state index contributed by atoms with van der Waals surface area (Å²) in [5.41, 5.74) is -0.998. The maximum absolute atomic E-state index is 11.5. The Morgan fingerprint density at radius 1 is 1.27 bits per heavy atom. The third-order valence-electron chi connectivity index (χ3n) is 3.48. The molecule has 15 heavy (non-hydrogen) atoms. The number of epoxide rings is 1. The minimum absolute atomic E-state index is 0.250. The van der Waals surface area contributed by atoms with Gasteiger partial charge in [-0.2, -0.15) is 0 Å². The Labute approximate surface area is 92.1 Å². The van der Waals surface area contributed by atoms with Gasteiger partial charge in [0.25, 0.3) is 0 Å². The highest BCUT2D eigenvalue weighted by molar-refractivity contribution is 5.84. The molecule has 0 aliphatic carbocycles. The highest BCUT2D eigenvalue weighted by Crippen LogP contribution is 2.51. The van der Waals surface area contributed by atoms with E-state index in [-0.39, 0.29) is 11.6 Å². The fourth-order valence-electron chi connectivity index (χ4n) is 2.06. The largest absolute Gasteiger partial charge is 0.467 e. The molecule has 0 N–H and O–H groups in total. The Morgan fingerprint density at radius 3 is 2.47 bits per heavy atom. The highest BCUT2D eigenvalue weighted by Gasteiger charge is 2.68. The minimum Gasteiger partial charge on any atom is -0.467 e. The predicted molar refractivity (Wildman–Crippen MR) is 58.7 cm³/mol. The number of hydrogen-bond donors (Lipinski definition) is 0. The second-order valence-corrected chi connectivity index (χ2v) is 4.67. The van der Waals surface area contributed by atoms with Crippen molar-refractivity contribution in [1.82, 2.24) is 0 Å². The zero-order chi connectivity index (χ0) is 11.5. The van der Waals surface area contributed by atoms with Crippen molar-refractivity contribution in [3.63, 3.8) is 0 Å². The molecule has 2 unspecified atom stereocenters. The van der Waals surface area contributed by atoms with Crippen LogP contribution in [0.4, 0.5) is 0 Å². The molecule has 0 spiro atoms. The fourth-order valence-corrected chi connectivity index (χ4v) is 2.06. The number of carbonyl (C=O) groups is 1. The third-order valence-corrected chi connectivity index (χ3v) is 3.48. The van der Waals surface area contributed by atoms with E-state index in [1.807, 2.05) is 13.8 Å². The van der Waals surface area contributed by atoms with Crippen molar-refractivity contribution in [2.24, 2.45) is 0 Å². The van der Waals surface area contributed by atoms with Crippen molar-refractivity contribution >= 4 is 5.97 Å². The molecule has 1 heterocycles. The van der Waals surface area contributed by atoms with Crippen LogP contribution in [0.25, 0.3) is 0 Å². The number of carbonyl (C=O) groups excluding carboxylic acids is 1. The summed E-state index contributed by atoms with van der Waals surface area (Å²) in [6, 6.07) is 0. The molecule has 1 saturated heterocycles. The molecule has 0 aromatic carbocycles. The van der Waals surface area contributed by atoms with Crippen LogP contribution in [-0.2, 0) is 14.3 Å². The summed E-state index contributed by atoms with van der Waals surface area (Å²) in [7, 11) is 1.41. The molecule has 3 heteroatoms. The molecule has 1 aliphatic heterocycles. The van der Waals surface area contributed by atoms with Crippen molar-refractivity contribution in [2.45, 2.75) is 64.1 Å². The monoisotopic (exact) mass is 214 g/mol. The number of hydrogen-bond acceptors (Lipinski definition) is 3. The zero-order valence-corrected chi connectivity index (χ0v) is 10.3. The lowest BCUT2D eigenvalue weighted by Crippen LogP contribution is -2.30. The van der Waals surface area contributed by atoms with Crippen LogP contribution >= 0.6 is 0 Å². The van der Waals surface area contributed by atoms with Crippen molar-refractivity contribution < 1.29 is 14.3 Å². The average molecular weight is 214 g/mol. The van der Waals surface area contributed by atoms with Crippen molar-refractivity contribution in [2.75, 3.05) is 7.11 Å². The minimum atomic E-state index is -0.700. The lowest BCUT2D eigenvalue weighted by molar-refractivity contribution is -0.146. The van der Waals surface area contributed by atoms with E-state index in [1.165, 1.54) is 26.4 Å². The Morgan fingerprint density at radius 2 is 1.93 bits per heavy atom. The molecule has 88 valence electrons. The topological polar surface area (TPSA) is 38.8 Å². The lowest BCUT2D eigenvalue weighted by atomic mass is 9.90. The van der Waals surface area contributed by atoms with Gasteiger partial charge in [0.05, 0.1) is 7.11 Å². The van der Waals surface area contributed by atoms with Gasteiger partial charge in [-0.05, 0) is 20.3 Å². The third kappa shape index (κ3) is 2.33. The van der Waals surface area contributed by atoms with Gasteiger partial charge in [0.1, 0.15) is 5.60 Å². The van der Waals surface area contributed by atoms with Crippen LogP contribution in [-0.4, -0.2) is 24.3 Å². The summed E-state index contributed by atoms with van der Waals surface area (Å²) in [6.45, 7) is 6.00. The number of rotatable bonds is 6. The Balaban J connectivity index is 2.34. The molecule has 0 bridgehead atoms. The van der Waals surface area contributed by atoms with Gasteiger partial charge in [0, 0.05) is 0 Å². The summed E-state index contributed by atoms with van der Waals surface area (Å²) in [5.74, 6) is -0.250. The van der Waals surface area contributed by atoms with Gasteiger partial charge in [-0.3, -0.25) is 0 Å². The zero-order valence-electron chi connectivity index (χ0n) is 10.3. The fraction of sp³-hybridized carbons (Fsp3) is 0.917. The van der Waals surface area contributed by atoms with E-state index in [4.69, 9.17) is 9.47 Å². The molecule has 0 aromatic heterocycles. The van der Waals surface area contributed by atoms with Crippen LogP contribution in [0.2, 0.25) is 0 Å². The van der Waals surface area contributed by atoms with E-state index in [0.717, 1.165) is 12.8 Å². The number of methoxy groups -OCH3 is 1. The highest BCUT2D eigenvalue weighted by atomic mass is 16.7. The van der Waals surface area contributed by atoms with E-state index in [0.29, 0.717) is 0 Å². The van der Waals surface area contributed by atoms with Crippen LogP contribution in [0, 0.1) is 0 Å². The summed E-state index contributed by atoms with van der Waals surface area (Å²) in [5, 5.41) is 0. The van der Waals surface area contributed by atoms with Gasteiger partial charge in [0.15, 0.2) is 5.60 Å². The summed E-state index contributed by atoms with van der Waals surface area (Å²) >= 11 is 0. The van der Waals surface area contributed by atoms with Gasteiger partial charge >= 0.3 is 5.97 Å². The summed E-state index contributed by atoms with van der Waals surface area (Å²) in [6.07, 6.45) is 5.76. The van der Waals surface area contributed by atoms with Crippen molar-refractivity contribution in [3.8, 4) is 0 Å². The standard InChI is InChI=1S/C12H22O3/c1-5-6-7-8-9-11(2)12(3,15-11)10(13)14-4/h5-9H2,1-4H3. The molecule has 1 rings (SSSR count). The normalized spacial score (nSPS) is 33.9.